The topological polar surface area (TPSA) is 83.0 Å². The fraction of sp³-hybridized carbons (Fsp3) is 0.526. The minimum absolute atomic E-state index is 0.0295. The molecule has 0 aliphatic carbocycles. The minimum atomic E-state index is -1.00. The number of halogens is 2. The normalized spacial score (nSPS) is 19.5. The van der Waals surface area contributed by atoms with Crippen molar-refractivity contribution in [3.05, 3.63) is 35.1 Å². The highest BCUT2D eigenvalue weighted by Gasteiger charge is 2.37. The van der Waals surface area contributed by atoms with Crippen LogP contribution in [0.2, 0.25) is 0 Å². The second kappa shape index (κ2) is 9.73. The number of carbonyl (C=O) groups excluding carboxylic acids is 2. The van der Waals surface area contributed by atoms with Crippen molar-refractivity contribution in [2.75, 3.05) is 6.54 Å². The summed E-state index contributed by atoms with van der Waals surface area (Å²) in [5.74, 6) is -0.535. The maximum absolute atomic E-state index is 13.6. The highest BCUT2D eigenvalue weighted by atomic mass is 35.5. The van der Waals surface area contributed by atoms with Crippen molar-refractivity contribution in [2.45, 2.75) is 58.4 Å². The van der Waals surface area contributed by atoms with Crippen LogP contribution in [-0.2, 0) is 22.7 Å². The van der Waals surface area contributed by atoms with Gasteiger partial charge in [0.2, 0.25) is 5.90 Å². The molecule has 2 atom stereocenters. The summed E-state index contributed by atoms with van der Waals surface area (Å²) >= 11 is 6.23. The Kier molecular flexibility index (Phi) is 7.62. The lowest BCUT2D eigenvalue weighted by atomic mass is 10.1. The molecular formula is C19H26ClFN4O3. The van der Waals surface area contributed by atoms with Gasteiger partial charge in [-0.2, -0.15) is 0 Å². The Balaban J connectivity index is 2.10. The van der Waals surface area contributed by atoms with Gasteiger partial charge in [0.25, 0.3) is 5.91 Å². The van der Waals surface area contributed by atoms with Crippen molar-refractivity contribution >= 4 is 29.4 Å². The molecular weight excluding hydrogens is 387 g/mol. The maximum atomic E-state index is 13.6. The van der Waals surface area contributed by atoms with E-state index in [0.717, 1.165) is 0 Å². The number of nitrogens with zero attached hydrogens (tertiary/aromatic N) is 2. The van der Waals surface area contributed by atoms with Crippen molar-refractivity contribution in [1.29, 1.82) is 0 Å². The molecule has 1 aliphatic heterocycles. The lowest BCUT2D eigenvalue weighted by molar-refractivity contribution is -0.134. The van der Waals surface area contributed by atoms with Gasteiger partial charge < -0.3 is 20.3 Å². The minimum Gasteiger partial charge on any atom is -0.475 e. The Labute approximate surface area is 169 Å². The third kappa shape index (κ3) is 5.34. The average Bonchev–Trinajstić information content (AvgIpc) is 2.62. The van der Waals surface area contributed by atoms with Gasteiger partial charge in [-0.25, -0.2) is 14.2 Å². The third-order valence-corrected chi connectivity index (χ3v) is 4.66. The van der Waals surface area contributed by atoms with Crippen LogP contribution >= 0.6 is 11.6 Å². The van der Waals surface area contributed by atoms with E-state index in [1.807, 2.05) is 13.8 Å². The van der Waals surface area contributed by atoms with Crippen LogP contribution in [0.25, 0.3) is 0 Å². The van der Waals surface area contributed by atoms with Crippen LogP contribution < -0.4 is 10.6 Å². The molecule has 1 aliphatic rings. The molecule has 154 valence electrons. The van der Waals surface area contributed by atoms with Crippen LogP contribution in [0.15, 0.2) is 23.2 Å². The molecule has 2 unspecified atom stereocenters. The molecule has 2 rings (SSSR count). The second-order valence-corrected chi connectivity index (χ2v) is 7.15. The highest BCUT2D eigenvalue weighted by Crippen LogP contribution is 2.21. The predicted molar refractivity (Wildman–Crippen MR) is 106 cm³/mol. The van der Waals surface area contributed by atoms with Crippen LogP contribution in [0.1, 0.15) is 38.8 Å². The molecule has 0 saturated carbocycles. The van der Waals surface area contributed by atoms with E-state index in [2.05, 4.69) is 15.6 Å². The van der Waals surface area contributed by atoms with Crippen LogP contribution in [0.5, 0.6) is 0 Å². The Hall–Kier alpha value is -2.35. The lowest BCUT2D eigenvalue weighted by Crippen LogP contribution is -2.52. The number of carbonyl (C=O) groups is 2. The Morgan fingerprint density at radius 2 is 2.07 bits per heavy atom. The van der Waals surface area contributed by atoms with E-state index >= 15 is 0 Å². The summed E-state index contributed by atoms with van der Waals surface area (Å²) in [4.78, 5) is 30.1. The number of hydrogen-bond donors (Lipinski definition) is 2. The number of urea groups is 1. The molecule has 1 aromatic rings. The molecule has 3 amide bonds. The van der Waals surface area contributed by atoms with Crippen molar-refractivity contribution in [1.82, 2.24) is 15.5 Å². The van der Waals surface area contributed by atoms with E-state index in [0.29, 0.717) is 17.7 Å². The zero-order chi connectivity index (χ0) is 20.8. The van der Waals surface area contributed by atoms with Gasteiger partial charge in [0, 0.05) is 19.1 Å². The zero-order valence-electron chi connectivity index (χ0n) is 16.5. The number of hydrogen-bond acceptors (Lipinski definition) is 4. The molecule has 0 fully saturated rings. The van der Waals surface area contributed by atoms with E-state index < -0.39 is 11.2 Å². The molecule has 0 saturated heterocycles. The van der Waals surface area contributed by atoms with Crippen LogP contribution in [0.3, 0.4) is 0 Å². The summed E-state index contributed by atoms with van der Waals surface area (Å²) in [5.41, 5.74) is 1.23. The van der Waals surface area contributed by atoms with Gasteiger partial charge >= 0.3 is 6.03 Å². The molecule has 9 heteroatoms. The Morgan fingerprint density at radius 1 is 1.36 bits per heavy atom. The molecule has 7 nitrogen and oxygen atoms in total. The largest absolute Gasteiger partial charge is 0.475 e. The van der Waals surface area contributed by atoms with Crippen LogP contribution in [0.4, 0.5) is 9.18 Å². The summed E-state index contributed by atoms with van der Waals surface area (Å²) in [7, 11) is 0. The van der Waals surface area contributed by atoms with Gasteiger partial charge in [0.05, 0.1) is 0 Å². The molecule has 0 bridgehead atoms. The summed E-state index contributed by atoms with van der Waals surface area (Å²) in [5, 5.41) is 4.26. The van der Waals surface area contributed by atoms with Crippen molar-refractivity contribution in [2.24, 2.45) is 4.99 Å². The monoisotopic (exact) mass is 412 g/mol. The number of amides is 3. The van der Waals surface area contributed by atoms with Crippen LogP contribution in [0, 0.1) is 5.82 Å². The quantitative estimate of drug-likeness (QED) is 0.705. The highest BCUT2D eigenvalue weighted by molar-refractivity contribution is 6.41. The smallest absolute Gasteiger partial charge is 0.315 e. The van der Waals surface area contributed by atoms with E-state index in [1.165, 1.54) is 12.1 Å². The molecule has 1 heterocycles. The van der Waals surface area contributed by atoms with Gasteiger partial charge in [0.15, 0.2) is 5.38 Å². The molecule has 2 N–H and O–H groups in total. The summed E-state index contributed by atoms with van der Waals surface area (Å²) in [6.07, 6.45) is -0.385. The van der Waals surface area contributed by atoms with Crippen molar-refractivity contribution < 1.29 is 18.7 Å². The zero-order valence-corrected chi connectivity index (χ0v) is 17.2. The number of ether oxygens (including phenoxy) is 1. The van der Waals surface area contributed by atoms with E-state index in [4.69, 9.17) is 16.3 Å². The van der Waals surface area contributed by atoms with Gasteiger partial charge in [0.1, 0.15) is 18.6 Å². The standard InChI is InChI=1S/C19H26ClFN4O3/c1-5-22-19(27)23-9-14-8-15(21)7-6-13(14)10-28-17-16(20)18(26)25(11(2)3)12(4)24-17/h6-8,11-12,16H,5,9-10H2,1-4H3,(H2,22,23,27). The number of nitrogens with one attached hydrogen (secondary N) is 2. The summed E-state index contributed by atoms with van der Waals surface area (Å²) < 4.78 is 19.3. The van der Waals surface area contributed by atoms with E-state index in [1.54, 1.807) is 24.8 Å². The fourth-order valence-corrected chi connectivity index (χ4v) is 3.21. The number of benzene rings is 1. The van der Waals surface area contributed by atoms with Gasteiger partial charge in [-0.05, 0) is 51.0 Å². The fourth-order valence-electron chi connectivity index (χ4n) is 2.98. The van der Waals surface area contributed by atoms with Gasteiger partial charge in [-0.3, -0.25) is 4.79 Å². The third-order valence-electron chi connectivity index (χ3n) is 4.28. The molecule has 0 spiro atoms. The van der Waals surface area contributed by atoms with Crippen LogP contribution in [-0.4, -0.2) is 46.9 Å². The van der Waals surface area contributed by atoms with Gasteiger partial charge in [-0.1, -0.05) is 6.07 Å². The Bertz CT molecular complexity index is 757. The molecule has 0 radical (unpaired) electrons. The maximum Gasteiger partial charge on any atom is 0.315 e. The van der Waals surface area contributed by atoms with E-state index in [9.17, 15) is 14.0 Å². The second-order valence-electron chi connectivity index (χ2n) is 6.72. The SMILES string of the molecule is CCNC(=O)NCc1cc(F)ccc1COC1=NC(C)N(C(C)C)C(=O)C1Cl. The van der Waals surface area contributed by atoms with E-state index in [-0.39, 0.29) is 43.2 Å². The summed E-state index contributed by atoms with van der Waals surface area (Å²) in [6, 6.07) is 3.84. The molecule has 0 aromatic heterocycles. The lowest BCUT2D eigenvalue weighted by Gasteiger charge is -2.36. The first kappa shape index (κ1) is 21.9. The van der Waals surface area contributed by atoms with Crippen molar-refractivity contribution in [3.63, 3.8) is 0 Å². The number of alkyl halides is 1. The average molecular weight is 413 g/mol. The van der Waals surface area contributed by atoms with Crippen molar-refractivity contribution in [3.8, 4) is 0 Å². The summed E-state index contributed by atoms with van der Waals surface area (Å²) in [6.45, 7) is 8.06. The first-order valence-corrected chi connectivity index (χ1v) is 9.64. The Morgan fingerprint density at radius 3 is 2.71 bits per heavy atom. The van der Waals surface area contributed by atoms with Gasteiger partial charge in [-0.15, -0.1) is 11.6 Å². The molecule has 1 aromatic carbocycles. The number of rotatable bonds is 6. The first-order chi connectivity index (χ1) is 13.2. The first-order valence-electron chi connectivity index (χ1n) is 9.20. The number of aliphatic imine (C=N–C) groups is 1. The molecule has 28 heavy (non-hydrogen) atoms. The predicted octanol–water partition coefficient (Wildman–Crippen LogP) is 2.76.